The van der Waals surface area contributed by atoms with Crippen molar-refractivity contribution in [3.8, 4) is 0 Å². The molecule has 0 aromatic heterocycles. The molecule has 1 saturated heterocycles. The van der Waals surface area contributed by atoms with E-state index in [0.29, 0.717) is 5.69 Å². The topological polar surface area (TPSA) is 122 Å². The third kappa shape index (κ3) is 3.07. The van der Waals surface area contributed by atoms with Gasteiger partial charge in [-0.3, -0.25) is 25.0 Å². The van der Waals surface area contributed by atoms with Crippen LogP contribution in [0.5, 0.6) is 0 Å². The minimum absolute atomic E-state index is 0.101. The van der Waals surface area contributed by atoms with Crippen molar-refractivity contribution in [3.63, 3.8) is 0 Å². The van der Waals surface area contributed by atoms with Gasteiger partial charge in [0.15, 0.2) is 0 Å². The zero-order valence-corrected chi connectivity index (χ0v) is 10.2. The highest BCUT2D eigenvalue weighted by molar-refractivity contribution is 6.04. The molecule has 1 aromatic carbocycles. The minimum atomic E-state index is -0.623. The highest BCUT2D eigenvalue weighted by atomic mass is 16.6. The van der Waals surface area contributed by atoms with Crippen molar-refractivity contribution < 1.29 is 19.3 Å². The summed E-state index contributed by atoms with van der Waals surface area (Å²) in [6.07, 6.45) is 0. The number of nitrogens with one attached hydrogen (secondary N) is 2. The molecule has 104 valence electrons. The number of imide groups is 1. The standard InChI is InChI=1S/C11H10N4O5/c16-9-5-14(6-10(17)13-9)11(18)12-7-1-3-8(4-2-7)15(19)20/h1-4H,5-6H2,(H,12,18)(H,13,16,17). The molecule has 2 rings (SSSR count). The van der Waals surface area contributed by atoms with Crippen LogP contribution in [-0.2, 0) is 9.59 Å². The smallest absolute Gasteiger partial charge is 0.308 e. The maximum absolute atomic E-state index is 11.8. The first-order valence-electron chi connectivity index (χ1n) is 5.59. The number of amides is 4. The molecule has 4 amide bonds. The Morgan fingerprint density at radius 3 is 2.25 bits per heavy atom. The van der Waals surface area contributed by atoms with Gasteiger partial charge in [0, 0.05) is 17.8 Å². The maximum atomic E-state index is 11.8. The molecule has 0 atom stereocenters. The van der Waals surface area contributed by atoms with Gasteiger partial charge >= 0.3 is 6.03 Å². The largest absolute Gasteiger partial charge is 0.322 e. The Balaban J connectivity index is 2.02. The van der Waals surface area contributed by atoms with E-state index in [-0.39, 0.29) is 18.8 Å². The number of anilines is 1. The molecule has 0 saturated carbocycles. The van der Waals surface area contributed by atoms with Crippen LogP contribution in [0.15, 0.2) is 24.3 Å². The molecule has 1 aliphatic heterocycles. The van der Waals surface area contributed by atoms with Crippen molar-refractivity contribution in [2.24, 2.45) is 0 Å². The van der Waals surface area contributed by atoms with Gasteiger partial charge in [0.1, 0.15) is 13.1 Å². The Kier molecular flexibility index (Phi) is 3.60. The minimum Gasteiger partial charge on any atom is -0.308 e. The molecular weight excluding hydrogens is 268 g/mol. The first-order valence-corrected chi connectivity index (χ1v) is 5.59. The molecule has 0 aliphatic carbocycles. The van der Waals surface area contributed by atoms with E-state index in [1.165, 1.54) is 24.3 Å². The van der Waals surface area contributed by atoms with Crippen LogP contribution in [0.3, 0.4) is 0 Å². The van der Waals surface area contributed by atoms with E-state index in [9.17, 15) is 24.5 Å². The Morgan fingerprint density at radius 1 is 1.20 bits per heavy atom. The fraction of sp³-hybridized carbons (Fsp3) is 0.182. The quantitative estimate of drug-likeness (QED) is 0.451. The van der Waals surface area contributed by atoms with Crippen LogP contribution in [0.1, 0.15) is 0 Å². The predicted octanol–water partition coefficient (Wildman–Crippen LogP) is 0.0851. The van der Waals surface area contributed by atoms with Crippen molar-refractivity contribution in [3.05, 3.63) is 34.4 Å². The Bertz CT molecular complexity index is 567. The number of urea groups is 1. The van der Waals surface area contributed by atoms with Gasteiger partial charge in [0.25, 0.3) is 5.69 Å². The summed E-state index contributed by atoms with van der Waals surface area (Å²) in [5.41, 5.74) is 0.231. The van der Waals surface area contributed by atoms with E-state index in [1.807, 2.05) is 0 Å². The van der Waals surface area contributed by atoms with Gasteiger partial charge in [-0.1, -0.05) is 0 Å². The van der Waals surface area contributed by atoms with Gasteiger partial charge in [0.05, 0.1) is 4.92 Å². The highest BCUT2D eigenvalue weighted by Gasteiger charge is 2.26. The molecule has 1 aliphatic rings. The summed E-state index contributed by atoms with van der Waals surface area (Å²) in [4.78, 5) is 45.1. The van der Waals surface area contributed by atoms with Crippen LogP contribution in [0, 0.1) is 10.1 Å². The van der Waals surface area contributed by atoms with E-state index in [1.54, 1.807) is 0 Å². The summed E-state index contributed by atoms with van der Waals surface area (Å²) in [6, 6.07) is 4.58. The second-order valence-electron chi connectivity index (χ2n) is 4.06. The number of rotatable bonds is 2. The molecule has 9 heteroatoms. The third-order valence-electron chi connectivity index (χ3n) is 2.56. The molecule has 1 aromatic rings. The van der Waals surface area contributed by atoms with Crippen LogP contribution < -0.4 is 10.6 Å². The lowest BCUT2D eigenvalue weighted by atomic mass is 10.3. The molecular formula is C11H10N4O5. The summed E-state index contributed by atoms with van der Waals surface area (Å²) in [6.45, 7) is -0.435. The molecule has 1 heterocycles. The van der Waals surface area contributed by atoms with Crippen LogP contribution in [-0.4, -0.2) is 40.8 Å². The summed E-state index contributed by atoms with van der Waals surface area (Å²) in [5, 5.41) is 15.0. The van der Waals surface area contributed by atoms with Crippen LogP contribution in [0.2, 0.25) is 0 Å². The zero-order chi connectivity index (χ0) is 14.7. The van der Waals surface area contributed by atoms with Crippen LogP contribution >= 0.6 is 0 Å². The van der Waals surface area contributed by atoms with Gasteiger partial charge in [-0.15, -0.1) is 0 Å². The average Bonchev–Trinajstić information content (AvgIpc) is 2.38. The second kappa shape index (κ2) is 5.34. The lowest BCUT2D eigenvalue weighted by molar-refractivity contribution is -0.384. The first-order chi connectivity index (χ1) is 9.45. The summed E-state index contributed by atoms with van der Waals surface area (Å²) < 4.78 is 0. The Hall–Kier alpha value is -2.97. The van der Waals surface area contributed by atoms with Gasteiger partial charge in [0.2, 0.25) is 11.8 Å². The van der Waals surface area contributed by atoms with Crippen LogP contribution in [0.25, 0.3) is 0 Å². The third-order valence-corrected chi connectivity index (χ3v) is 2.56. The van der Waals surface area contributed by atoms with E-state index < -0.39 is 22.8 Å². The van der Waals surface area contributed by atoms with Gasteiger partial charge in [-0.05, 0) is 12.1 Å². The molecule has 2 N–H and O–H groups in total. The average molecular weight is 278 g/mol. The maximum Gasteiger partial charge on any atom is 0.322 e. The molecule has 20 heavy (non-hydrogen) atoms. The number of hydrogen-bond donors (Lipinski definition) is 2. The van der Waals surface area contributed by atoms with E-state index in [0.717, 1.165) is 4.90 Å². The van der Waals surface area contributed by atoms with Crippen molar-refractivity contribution in [2.75, 3.05) is 18.4 Å². The number of carbonyl (C=O) groups is 3. The second-order valence-corrected chi connectivity index (χ2v) is 4.06. The van der Waals surface area contributed by atoms with E-state index >= 15 is 0 Å². The lowest BCUT2D eigenvalue weighted by Crippen LogP contribution is -2.54. The number of nitro groups is 1. The summed E-state index contributed by atoms with van der Waals surface area (Å²) >= 11 is 0. The molecule has 1 fully saturated rings. The van der Waals surface area contributed by atoms with E-state index in [2.05, 4.69) is 10.6 Å². The number of benzene rings is 1. The Labute approximate surface area is 112 Å². The normalized spacial score (nSPS) is 14.7. The molecule has 9 nitrogen and oxygen atoms in total. The fourth-order valence-corrected chi connectivity index (χ4v) is 1.65. The lowest BCUT2D eigenvalue weighted by Gasteiger charge is -2.25. The molecule has 0 unspecified atom stereocenters. The number of hydrogen-bond acceptors (Lipinski definition) is 5. The molecule has 0 radical (unpaired) electrons. The summed E-state index contributed by atoms with van der Waals surface area (Å²) in [7, 11) is 0. The number of non-ortho nitro benzene ring substituents is 1. The zero-order valence-electron chi connectivity index (χ0n) is 10.2. The van der Waals surface area contributed by atoms with Crippen molar-refractivity contribution >= 4 is 29.2 Å². The van der Waals surface area contributed by atoms with Crippen molar-refractivity contribution in [1.29, 1.82) is 0 Å². The van der Waals surface area contributed by atoms with E-state index in [4.69, 9.17) is 0 Å². The highest BCUT2D eigenvalue weighted by Crippen LogP contribution is 2.15. The van der Waals surface area contributed by atoms with Crippen molar-refractivity contribution in [2.45, 2.75) is 0 Å². The van der Waals surface area contributed by atoms with Gasteiger partial charge in [-0.2, -0.15) is 0 Å². The number of nitro benzene ring substituents is 1. The van der Waals surface area contributed by atoms with Gasteiger partial charge < -0.3 is 10.2 Å². The Morgan fingerprint density at radius 2 is 1.75 bits per heavy atom. The fourth-order valence-electron chi connectivity index (χ4n) is 1.65. The van der Waals surface area contributed by atoms with Gasteiger partial charge in [-0.25, -0.2) is 4.79 Å². The molecule has 0 spiro atoms. The van der Waals surface area contributed by atoms with Crippen LogP contribution in [0.4, 0.5) is 16.2 Å². The first kappa shape index (κ1) is 13.5. The number of carbonyl (C=O) groups excluding carboxylic acids is 3. The number of nitrogens with zero attached hydrogens (tertiary/aromatic N) is 2. The monoisotopic (exact) mass is 278 g/mol. The summed E-state index contributed by atoms with van der Waals surface area (Å²) in [5.74, 6) is -1.11. The van der Waals surface area contributed by atoms with Crippen molar-refractivity contribution in [1.82, 2.24) is 10.2 Å². The SMILES string of the molecule is O=C1CN(C(=O)Nc2ccc([N+](=O)[O-])cc2)CC(=O)N1. The number of piperazine rings is 1. The molecule has 0 bridgehead atoms. The predicted molar refractivity (Wildman–Crippen MR) is 66.8 cm³/mol.